The number of nitrogens with one attached hydrogen (secondary N) is 1. The van der Waals surface area contributed by atoms with Crippen LogP contribution in [0.1, 0.15) is 44.7 Å². The van der Waals surface area contributed by atoms with Crippen molar-refractivity contribution in [2.45, 2.75) is 45.6 Å². The zero-order valence-electron chi connectivity index (χ0n) is 11.2. The van der Waals surface area contributed by atoms with Gasteiger partial charge in [0.2, 0.25) is 0 Å². The molecule has 1 aromatic rings. The van der Waals surface area contributed by atoms with Crippen molar-refractivity contribution in [3.63, 3.8) is 0 Å². The van der Waals surface area contributed by atoms with Crippen LogP contribution in [0.3, 0.4) is 0 Å². The van der Waals surface area contributed by atoms with Crippen LogP contribution >= 0.6 is 0 Å². The van der Waals surface area contributed by atoms with Gasteiger partial charge in [0.05, 0.1) is 11.9 Å². The van der Waals surface area contributed by atoms with Crippen LogP contribution in [0.2, 0.25) is 0 Å². The van der Waals surface area contributed by atoms with Gasteiger partial charge in [-0.1, -0.05) is 18.6 Å². The highest BCUT2D eigenvalue weighted by Crippen LogP contribution is 2.39. The molecule has 3 atom stereocenters. The van der Waals surface area contributed by atoms with Crippen molar-refractivity contribution >= 4 is 0 Å². The van der Waals surface area contributed by atoms with Gasteiger partial charge in [0, 0.05) is 12.5 Å². The Morgan fingerprint density at radius 1 is 1.47 bits per heavy atom. The molecule has 0 bridgehead atoms. The Morgan fingerprint density at radius 3 is 3.00 bits per heavy atom. The highest BCUT2D eigenvalue weighted by atomic mass is 15.4. The molecule has 2 rings (SSSR count). The minimum absolute atomic E-state index is 0.626. The lowest BCUT2D eigenvalue weighted by molar-refractivity contribution is 0.236. The summed E-state index contributed by atoms with van der Waals surface area (Å²) in [5, 5.41) is 11.6. The lowest BCUT2D eigenvalue weighted by Crippen LogP contribution is -2.31. The minimum atomic E-state index is 0.626. The van der Waals surface area contributed by atoms with Crippen molar-refractivity contribution < 1.29 is 0 Å². The van der Waals surface area contributed by atoms with Gasteiger partial charge in [0.15, 0.2) is 0 Å². The zero-order valence-corrected chi connectivity index (χ0v) is 11.2. The van der Waals surface area contributed by atoms with E-state index in [0.29, 0.717) is 5.92 Å². The van der Waals surface area contributed by atoms with Crippen molar-refractivity contribution in [3.8, 4) is 0 Å². The van der Waals surface area contributed by atoms with Crippen LogP contribution in [-0.4, -0.2) is 28.6 Å². The highest BCUT2D eigenvalue weighted by molar-refractivity contribution is 5.08. The maximum Gasteiger partial charge on any atom is 0.0728 e. The summed E-state index contributed by atoms with van der Waals surface area (Å²) in [5.41, 5.74) is 1.33. The average Bonchev–Trinajstić information content (AvgIpc) is 2.79. The largest absolute Gasteiger partial charge is 0.319 e. The molecule has 0 spiro atoms. The molecule has 17 heavy (non-hydrogen) atoms. The molecule has 1 aliphatic carbocycles. The second kappa shape index (κ2) is 5.63. The maximum absolute atomic E-state index is 4.18. The van der Waals surface area contributed by atoms with Gasteiger partial charge in [-0.25, -0.2) is 4.68 Å². The summed E-state index contributed by atoms with van der Waals surface area (Å²) in [4.78, 5) is 0. The molecule has 1 saturated carbocycles. The van der Waals surface area contributed by atoms with Crippen LogP contribution in [0.25, 0.3) is 0 Å². The van der Waals surface area contributed by atoms with Crippen molar-refractivity contribution in [1.29, 1.82) is 0 Å². The van der Waals surface area contributed by atoms with E-state index in [1.807, 2.05) is 13.2 Å². The lowest BCUT2D eigenvalue weighted by Gasteiger charge is -2.34. The second-order valence-electron chi connectivity index (χ2n) is 5.32. The molecule has 1 aromatic heterocycles. The molecule has 0 amide bonds. The normalized spacial score (nSPS) is 29.5. The molecule has 1 N–H and O–H groups in total. The SMILES string of the molecule is CCn1nncc1C1CC(C)CCC1CNC. The zero-order chi connectivity index (χ0) is 12.3. The van der Waals surface area contributed by atoms with Crippen LogP contribution in [-0.2, 0) is 6.54 Å². The van der Waals surface area contributed by atoms with E-state index in [1.165, 1.54) is 25.0 Å². The Kier molecular flexibility index (Phi) is 4.15. The van der Waals surface area contributed by atoms with E-state index >= 15 is 0 Å². The Balaban J connectivity index is 2.19. The molecular formula is C13H24N4. The van der Waals surface area contributed by atoms with Gasteiger partial charge in [-0.3, -0.25) is 0 Å². The van der Waals surface area contributed by atoms with E-state index in [9.17, 15) is 0 Å². The molecule has 0 saturated heterocycles. The molecule has 4 heteroatoms. The predicted octanol–water partition coefficient (Wildman–Crippen LogP) is 2.04. The third-order valence-electron chi connectivity index (χ3n) is 4.05. The van der Waals surface area contributed by atoms with Crippen LogP contribution in [0.5, 0.6) is 0 Å². The highest BCUT2D eigenvalue weighted by Gasteiger charge is 2.31. The first-order valence-corrected chi connectivity index (χ1v) is 6.79. The van der Waals surface area contributed by atoms with Crippen LogP contribution < -0.4 is 5.32 Å². The number of hydrogen-bond donors (Lipinski definition) is 1. The van der Waals surface area contributed by atoms with Crippen molar-refractivity contribution in [2.75, 3.05) is 13.6 Å². The summed E-state index contributed by atoms with van der Waals surface area (Å²) in [5.74, 6) is 2.19. The maximum atomic E-state index is 4.18. The fourth-order valence-electron chi connectivity index (χ4n) is 3.11. The fraction of sp³-hybridized carbons (Fsp3) is 0.846. The average molecular weight is 236 g/mol. The molecule has 0 radical (unpaired) electrons. The van der Waals surface area contributed by atoms with E-state index in [1.54, 1.807) is 0 Å². The first kappa shape index (κ1) is 12.6. The van der Waals surface area contributed by atoms with Gasteiger partial charge in [-0.2, -0.15) is 0 Å². The smallest absolute Gasteiger partial charge is 0.0728 e. The third-order valence-corrected chi connectivity index (χ3v) is 4.05. The van der Waals surface area contributed by atoms with Gasteiger partial charge in [-0.15, -0.1) is 5.10 Å². The second-order valence-corrected chi connectivity index (χ2v) is 5.32. The van der Waals surface area contributed by atoms with E-state index < -0.39 is 0 Å². The first-order valence-electron chi connectivity index (χ1n) is 6.79. The molecule has 1 fully saturated rings. The first-order chi connectivity index (χ1) is 8.26. The molecule has 0 aromatic carbocycles. The molecule has 96 valence electrons. The molecular weight excluding hydrogens is 212 g/mol. The molecule has 1 aliphatic rings. The number of aromatic nitrogens is 3. The third kappa shape index (κ3) is 2.68. The van der Waals surface area contributed by atoms with Gasteiger partial charge in [0.25, 0.3) is 0 Å². The van der Waals surface area contributed by atoms with E-state index in [-0.39, 0.29) is 0 Å². The Morgan fingerprint density at radius 2 is 2.29 bits per heavy atom. The lowest BCUT2D eigenvalue weighted by atomic mass is 9.73. The number of rotatable bonds is 4. The standard InChI is InChI=1S/C13H24N4/c1-4-17-13(9-15-16-17)12-7-10(2)5-6-11(12)8-14-3/h9-12,14H,4-8H2,1-3H3. The Labute approximate surface area is 104 Å². The van der Waals surface area contributed by atoms with Gasteiger partial charge in [0.1, 0.15) is 0 Å². The van der Waals surface area contributed by atoms with Gasteiger partial charge >= 0.3 is 0 Å². The summed E-state index contributed by atoms with van der Waals surface area (Å²) in [6.07, 6.45) is 5.92. The van der Waals surface area contributed by atoms with E-state index in [2.05, 4.69) is 34.2 Å². The topological polar surface area (TPSA) is 42.7 Å². The summed E-state index contributed by atoms with van der Waals surface area (Å²) in [6, 6.07) is 0. The van der Waals surface area contributed by atoms with E-state index in [4.69, 9.17) is 0 Å². The summed E-state index contributed by atoms with van der Waals surface area (Å²) in [6.45, 7) is 6.53. The van der Waals surface area contributed by atoms with Crippen LogP contribution in [0.15, 0.2) is 6.20 Å². The number of aryl methyl sites for hydroxylation is 1. The van der Waals surface area contributed by atoms with Gasteiger partial charge in [-0.05, 0) is 45.2 Å². The monoisotopic (exact) mass is 236 g/mol. The summed E-state index contributed by atoms with van der Waals surface area (Å²) >= 11 is 0. The van der Waals surface area contributed by atoms with Crippen molar-refractivity contribution in [2.24, 2.45) is 11.8 Å². The predicted molar refractivity (Wildman–Crippen MR) is 68.9 cm³/mol. The molecule has 4 nitrogen and oxygen atoms in total. The van der Waals surface area contributed by atoms with Gasteiger partial charge < -0.3 is 5.32 Å². The van der Waals surface area contributed by atoms with Crippen LogP contribution in [0, 0.1) is 11.8 Å². The minimum Gasteiger partial charge on any atom is -0.319 e. The van der Waals surface area contributed by atoms with Crippen molar-refractivity contribution in [3.05, 3.63) is 11.9 Å². The van der Waals surface area contributed by atoms with Crippen LogP contribution in [0.4, 0.5) is 0 Å². The summed E-state index contributed by atoms with van der Waals surface area (Å²) < 4.78 is 2.06. The quantitative estimate of drug-likeness (QED) is 0.870. The molecule has 1 heterocycles. The van der Waals surface area contributed by atoms with Crippen molar-refractivity contribution in [1.82, 2.24) is 20.3 Å². The molecule has 0 aliphatic heterocycles. The fourth-order valence-corrected chi connectivity index (χ4v) is 3.11. The number of hydrogen-bond acceptors (Lipinski definition) is 3. The molecule has 3 unspecified atom stereocenters. The Hall–Kier alpha value is -0.900. The van der Waals surface area contributed by atoms with E-state index in [0.717, 1.165) is 24.9 Å². The number of nitrogens with zero attached hydrogens (tertiary/aromatic N) is 3. The Bertz CT molecular complexity index is 347. The summed E-state index contributed by atoms with van der Waals surface area (Å²) in [7, 11) is 2.05.